The third-order valence-corrected chi connectivity index (χ3v) is 4.28. The summed E-state index contributed by atoms with van der Waals surface area (Å²) in [5, 5.41) is 9.40. The van der Waals surface area contributed by atoms with Crippen LogP contribution in [0.4, 0.5) is 10.1 Å². The molecule has 0 aliphatic carbocycles. The molecule has 3 rings (SSSR count). The second-order valence-corrected chi connectivity index (χ2v) is 6.04. The number of hydrogen-bond acceptors (Lipinski definition) is 4. The highest BCUT2D eigenvalue weighted by Crippen LogP contribution is 2.33. The van der Waals surface area contributed by atoms with Crippen LogP contribution in [-0.2, 0) is 4.79 Å². The third kappa shape index (κ3) is 3.45. The quantitative estimate of drug-likeness (QED) is 0.867. The number of ether oxygens (including phenoxy) is 1. The van der Waals surface area contributed by atoms with Crippen LogP contribution < -0.4 is 15.4 Å². The first-order chi connectivity index (χ1) is 12.4. The van der Waals surface area contributed by atoms with Crippen molar-refractivity contribution in [2.75, 3.05) is 4.90 Å². The Labute approximate surface area is 150 Å². The van der Waals surface area contributed by atoms with E-state index >= 15 is 0 Å². The monoisotopic (exact) mass is 354 g/mol. The second-order valence-electron chi connectivity index (χ2n) is 6.04. The lowest BCUT2D eigenvalue weighted by molar-refractivity contribution is -0.132. The number of hydrogen-bond donors (Lipinski definition) is 2. The van der Waals surface area contributed by atoms with Gasteiger partial charge in [-0.1, -0.05) is 12.1 Å². The molecule has 1 aliphatic rings. The fourth-order valence-electron chi connectivity index (χ4n) is 2.87. The fourth-order valence-corrected chi connectivity index (χ4v) is 2.87. The summed E-state index contributed by atoms with van der Waals surface area (Å²) in [7, 11) is 0. The maximum Gasteiger partial charge on any atom is 0.335 e. The topological polar surface area (TPSA) is 75.8 Å². The van der Waals surface area contributed by atoms with Gasteiger partial charge in [0.05, 0.1) is 5.57 Å². The molecule has 5 nitrogen and oxygen atoms in total. The smallest absolute Gasteiger partial charge is 0.335 e. The van der Waals surface area contributed by atoms with Gasteiger partial charge in [-0.15, -0.1) is 0 Å². The highest BCUT2D eigenvalue weighted by atomic mass is 19.1. The van der Waals surface area contributed by atoms with Crippen LogP contribution in [0.2, 0.25) is 0 Å². The summed E-state index contributed by atoms with van der Waals surface area (Å²) in [4.78, 5) is 13.2. The van der Waals surface area contributed by atoms with E-state index in [0.717, 1.165) is 11.3 Å². The number of nitrogens with two attached hydrogens (primary N) is 1. The first kappa shape index (κ1) is 17.7. The molecular formula is C20H19FN2O3. The van der Waals surface area contributed by atoms with Crippen molar-refractivity contribution >= 4 is 11.7 Å². The average Bonchev–Trinajstić information content (AvgIpc) is 2.58. The molecule has 0 saturated carbocycles. The Morgan fingerprint density at radius 3 is 2.46 bits per heavy atom. The molecule has 1 atom stereocenters. The Kier molecular flexibility index (Phi) is 4.77. The van der Waals surface area contributed by atoms with Crippen molar-refractivity contribution in [3.63, 3.8) is 0 Å². The van der Waals surface area contributed by atoms with Crippen LogP contribution >= 0.6 is 0 Å². The number of rotatable bonds is 4. The molecule has 1 unspecified atom stereocenters. The van der Waals surface area contributed by atoms with Crippen molar-refractivity contribution in [1.82, 2.24) is 0 Å². The van der Waals surface area contributed by atoms with Crippen molar-refractivity contribution < 1.29 is 19.0 Å². The second kappa shape index (κ2) is 7.01. The minimum atomic E-state index is -1.05. The summed E-state index contributed by atoms with van der Waals surface area (Å²) < 4.78 is 19.0. The summed E-state index contributed by atoms with van der Waals surface area (Å²) in [5.74, 6) is -0.569. The molecular weight excluding hydrogens is 335 g/mol. The first-order valence-corrected chi connectivity index (χ1v) is 8.07. The number of allylic oxidation sites excluding steroid dienone is 3. The molecule has 6 heteroatoms. The highest BCUT2D eigenvalue weighted by molar-refractivity contribution is 5.90. The molecule has 0 bridgehead atoms. The zero-order valence-electron chi connectivity index (χ0n) is 14.4. The molecule has 2 aromatic carbocycles. The van der Waals surface area contributed by atoms with Crippen molar-refractivity contribution in [3.8, 4) is 11.5 Å². The van der Waals surface area contributed by atoms with Gasteiger partial charge in [0.2, 0.25) is 0 Å². The summed E-state index contributed by atoms with van der Waals surface area (Å²) in [6.07, 6.45) is 0.770. The molecule has 0 spiro atoms. The van der Waals surface area contributed by atoms with E-state index in [1.165, 1.54) is 12.1 Å². The van der Waals surface area contributed by atoms with E-state index in [1.54, 1.807) is 41.3 Å². The van der Waals surface area contributed by atoms with E-state index in [4.69, 9.17) is 10.5 Å². The van der Waals surface area contributed by atoms with Gasteiger partial charge in [-0.2, -0.15) is 0 Å². The lowest BCUT2D eigenvalue weighted by atomic mass is 10.0. The standard InChI is InChI=1S/C20H19FN2O3/c1-12-9-18(20(24)25)19(22)23(13(12)2)15-6-4-8-17(11-15)26-16-7-3-5-14(21)10-16/h3-11,19H,22H2,1-2H3,(H,24,25). The Balaban J connectivity index is 1.95. The van der Waals surface area contributed by atoms with Gasteiger partial charge in [0.15, 0.2) is 0 Å². The molecule has 1 aliphatic heterocycles. The van der Waals surface area contributed by atoms with E-state index in [-0.39, 0.29) is 11.4 Å². The van der Waals surface area contributed by atoms with Gasteiger partial charge in [0.25, 0.3) is 0 Å². The molecule has 0 fully saturated rings. The number of carboxylic acid groups (broad SMARTS) is 1. The Bertz CT molecular complexity index is 921. The fraction of sp³-hybridized carbons (Fsp3) is 0.150. The molecule has 0 amide bonds. The first-order valence-electron chi connectivity index (χ1n) is 8.07. The Morgan fingerprint density at radius 2 is 1.81 bits per heavy atom. The van der Waals surface area contributed by atoms with Crippen LogP contribution in [-0.4, -0.2) is 17.2 Å². The van der Waals surface area contributed by atoms with Crippen molar-refractivity contribution in [1.29, 1.82) is 0 Å². The van der Waals surface area contributed by atoms with E-state index in [1.807, 2.05) is 19.9 Å². The zero-order chi connectivity index (χ0) is 18.8. The van der Waals surface area contributed by atoms with Crippen LogP contribution in [0, 0.1) is 5.82 Å². The average molecular weight is 354 g/mol. The SMILES string of the molecule is CC1=C(C)N(c2cccc(Oc3cccc(F)c3)c2)C(N)C(C(=O)O)=C1. The number of carboxylic acids is 1. The number of carbonyl (C=O) groups is 1. The Morgan fingerprint density at radius 1 is 1.15 bits per heavy atom. The lowest BCUT2D eigenvalue weighted by Crippen LogP contribution is -2.46. The number of nitrogens with zero attached hydrogens (tertiary/aromatic N) is 1. The van der Waals surface area contributed by atoms with Gasteiger partial charge in [-0.05, 0) is 49.8 Å². The molecule has 26 heavy (non-hydrogen) atoms. The van der Waals surface area contributed by atoms with E-state index in [9.17, 15) is 14.3 Å². The van der Waals surface area contributed by atoms with Crippen LogP contribution in [0.3, 0.4) is 0 Å². The van der Waals surface area contributed by atoms with E-state index in [0.29, 0.717) is 17.2 Å². The van der Waals surface area contributed by atoms with Crippen LogP contribution in [0.5, 0.6) is 11.5 Å². The summed E-state index contributed by atoms with van der Waals surface area (Å²) in [6, 6.07) is 12.9. The van der Waals surface area contributed by atoms with Crippen LogP contribution in [0.1, 0.15) is 13.8 Å². The minimum absolute atomic E-state index is 0.115. The Hall–Kier alpha value is -3.12. The summed E-state index contributed by atoms with van der Waals surface area (Å²) in [6.45, 7) is 3.72. The van der Waals surface area contributed by atoms with Gasteiger partial charge in [0.1, 0.15) is 23.5 Å². The van der Waals surface area contributed by atoms with Gasteiger partial charge in [-0.3, -0.25) is 0 Å². The van der Waals surface area contributed by atoms with Crippen molar-refractivity contribution in [2.24, 2.45) is 5.73 Å². The normalized spacial score (nSPS) is 17.2. The minimum Gasteiger partial charge on any atom is -0.478 e. The zero-order valence-corrected chi connectivity index (χ0v) is 14.4. The molecule has 1 heterocycles. The summed E-state index contributed by atoms with van der Waals surface area (Å²) in [5.41, 5.74) is 8.66. The lowest BCUT2D eigenvalue weighted by Gasteiger charge is -2.36. The highest BCUT2D eigenvalue weighted by Gasteiger charge is 2.29. The van der Waals surface area contributed by atoms with Gasteiger partial charge in [0, 0.05) is 23.5 Å². The van der Waals surface area contributed by atoms with Crippen molar-refractivity contribution in [2.45, 2.75) is 20.0 Å². The van der Waals surface area contributed by atoms with Gasteiger partial charge < -0.3 is 20.5 Å². The number of anilines is 1. The van der Waals surface area contributed by atoms with Crippen molar-refractivity contribution in [3.05, 3.63) is 77.3 Å². The molecule has 2 aromatic rings. The molecule has 3 N–H and O–H groups in total. The maximum atomic E-state index is 13.3. The maximum absolute atomic E-state index is 13.3. The molecule has 0 aromatic heterocycles. The predicted molar refractivity (Wildman–Crippen MR) is 97.5 cm³/mol. The van der Waals surface area contributed by atoms with Crippen LogP contribution in [0.25, 0.3) is 0 Å². The largest absolute Gasteiger partial charge is 0.478 e. The number of halogens is 1. The summed E-state index contributed by atoms with van der Waals surface area (Å²) >= 11 is 0. The number of aliphatic carboxylic acids is 1. The van der Waals surface area contributed by atoms with E-state index in [2.05, 4.69) is 0 Å². The van der Waals surface area contributed by atoms with Gasteiger partial charge in [-0.25, -0.2) is 9.18 Å². The van der Waals surface area contributed by atoms with E-state index < -0.39 is 12.1 Å². The molecule has 134 valence electrons. The third-order valence-electron chi connectivity index (χ3n) is 4.28. The molecule has 0 saturated heterocycles. The number of benzene rings is 2. The van der Waals surface area contributed by atoms with Crippen LogP contribution in [0.15, 0.2) is 71.5 Å². The predicted octanol–water partition coefficient (Wildman–Crippen LogP) is 4.03. The van der Waals surface area contributed by atoms with Gasteiger partial charge >= 0.3 is 5.97 Å². The molecule has 0 radical (unpaired) electrons.